The Bertz CT molecular complexity index is 1230. The molecule has 2 amide bonds. The molecule has 162 valence electrons. The smallest absolute Gasteiger partial charge is 0.291 e. The van der Waals surface area contributed by atoms with Crippen LogP contribution in [0.4, 0.5) is 5.69 Å². The van der Waals surface area contributed by atoms with Crippen molar-refractivity contribution >= 4 is 17.5 Å². The topological polar surface area (TPSA) is 98.4 Å². The van der Waals surface area contributed by atoms with Gasteiger partial charge in [0.15, 0.2) is 11.5 Å². The number of nitrogens with zero attached hydrogens (tertiary/aromatic N) is 2. The zero-order valence-electron chi connectivity index (χ0n) is 17.7. The molecule has 4 aromatic rings. The number of anilines is 1. The second-order valence-corrected chi connectivity index (χ2v) is 7.13. The molecule has 0 radical (unpaired) electrons. The van der Waals surface area contributed by atoms with Gasteiger partial charge in [0.1, 0.15) is 11.4 Å². The highest BCUT2D eigenvalue weighted by Gasteiger charge is 2.13. The number of nitrogens with one attached hydrogen (secondary N) is 2. The molecule has 0 unspecified atom stereocenters. The van der Waals surface area contributed by atoms with Gasteiger partial charge in [0.05, 0.1) is 13.4 Å². The molecule has 4 rings (SSSR count). The van der Waals surface area contributed by atoms with Crippen molar-refractivity contribution in [2.45, 2.75) is 13.5 Å². The van der Waals surface area contributed by atoms with Crippen LogP contribution in [0.25, 0.3) is 5.69 Å². The number of rotatable bonds is 7. The van der Waals surface area contributed by atoms with Gasteiger partial charge >= 0.3 is 0 Å². The van der Waals surface area contributed by atoms with Crippen LogP contribution >= 0.6 is 0 Å². The van der Waals surface area contributed by atoms with Crippen LogP contribution in [0, 0.1) is 6.92 Å². The molecule has 0 bridgehead atoms. The molecule has 0 fully saturated rings. The Morgan fingerprint density at radius 2 is 1.88 bits per heavy atom. The van der Waals surface area contributed by atoms with E-state index in [1.165, 1.54) is 6.26 Å². The summed E-state index contributed by atoms with van der Waals surface area (Å²) < 4.78 is 12.1. The van der Waals surface area contributed by atoms with Crippen LogP contribution in [0.1, 0.15) is 32.2 Å². The van der Waals surface area contributed by atoms with Crippen LogP contribution in [0.3, 0.4) is 0 Å². The summed E-state index contributed by atoms with van der Waals surface area (Å²) in [6.45, 7) is 2.31. The number of aromatic nitrogens is 2. The summed E-state index contributed by atoms with van der Waals surface area (Å²) in [5.41, 5.74) is 3.64. The van der Waals surface area contributed by atoms with Gasteiger partial charge in [-0.15, -0.1) is 0 Å². The first kappa shape index (κ1) is 20.9. The van der Waals surface area contributed by atoms with E-state index in [1.807, 2.05) is 37.3 Å². The number of carbonyl (C=O) groups is 2. The standard InChI is InChI=1S/C24H22N4O4/c1-16-5-10-21(31-2)20(14-16)28-12-11-19(27-28)23(29)25-15-17-6-8-18(9-7-17)26-24(30)22-4-3-13-32-22/h3-14H,15H2,1-2H3,(H,25,29)(H,26,30). The third-order valence-electron chi connectivity index (χ3n) is 4.81. The fraction of sp³-hybridized carbons (Fsp3) is 0.125. The second-order valence-electron chi connectivity index (χ2n) is 7.13. The zero-order valence-corrected chi connectivity index (χ0v) is 17.7. The predicted molar refractivity (Wildman–Crippen MR) is 119 cm³/mol. The van der Waals surface area contributed by atoms with Gasteiger partial charge in [-0.1, -0.05) is 18.2 Å². The summed E-state index contributed by atoms with van der Waals surface area (Å²) in [6.07, 6.45) is 3.17. The summed E-state index contributed by atoms with van der Waals surface area (Å²) in [5.74, 6) is 0.302. The maximum Gasteiger partial charge on any atom is 0.291 e. The summed E-state index contributed by atoms with van der Waals surface area (Å²) in [4.78, 5) is 24.6. The van der Waals surface area contributed by atoms with Crippen LogP contribution in [0.5, 0.6) is 5.75 Å². The maximum absolute atomic E-state index is 12.5. The number of hydrogen-bond donors (Lipinski definition) is 2. The lowest BCUT2D eigenvalue weighted by atomic mass is 10.2. The molecule has 0 spiro atoms. The number of benzene rings is 2. The first-order valence-electron chi connectivity index (χ1n) is 9.96. The van der Waals surface area contributed by atoms with Crippen LogP contribution < -0.4 is 15.4 Å². The van der Waals surface area contributed by atoms with Crippen LogP contribution in [-0.4, -0.2) is 28.7 Å². The molecule has 2 aromatic heterocycles. The Kier molecular flexibility index (Phi) is 6.03. The third kappa shape index (κ3) is 4.70. The molecule has 8 heteroatoms. The number of amides is 2. The number of hydrogen-bond acceptors (Lipinski definition) is 5. The third-order valence-corrected chi connectivity index (χ3v) is 4.81. The molecule has 0 aliphatic rings. The number of ether oxygens (including phenoxy) is 1. The summed E-state index contributed by atoms with van der Waals surface area (Å²) in [7, 11) is 1.60. The van der Waals surface area contributed by atoms with Crippen molar-refractivity contribution in [3.63, 3.8) is 0 Å². The molecular weight excluding hydrogens is 408 g/mol. The van der Waals surface area contributed by atoms with Gasteiger partial charge in [0.2, 0.25) is 0 Å². The largest absolute Gasteiger partial charge is 0.494 e. The van der Waals surface area contributed by atoms with Crippen molar-refractivity contribution in [3.05, 3.63) is 95.7 Å². The first-order valence-corrected chi connectivity index (χ1v) is 9.96. The summed E-state index contributed by atoms with van der Waals surface area (Å²) >= 11 is 0. The van der Waals surface area contributed by atoms with E-state index < -0.39 is 0 Å². The van der Waals surface area contributed by atoms with E-state index in [1.54, 1.807) is 48.3 Å². The zero-order chi connectivity index (χ0) is 22.5. The van der Waals surface area contributed by atoms with Gasteiger partial charge in [-0.05, 0) is 60.5 Å². The molecule has 0 saturated carbocycles. The highest BCUT2D eigenvalue weighted by atomic mass is 16.5. The number of methoxy groups -OCH3 is 1. The van der Waals surface area contributed by atoms with Gasteiger partial charge in [0, 0.05) is 18.4 Å². The molecule has 2 N–H and O–H groups in total. The minimum atomic E-state index is -0.322. The number of furan rings is 1. The van der Waals surface area contributed by atoms with Crippen molar-refractivity contribution in [2.75, 3.05) is 12.4 Å². The monoisotopic (exact) mass is 430 g/mol. The lowest BCUT2D eigenvalue weighted by Crippen LogP contribution is -2.23. The quantitative estimate of drug-likeness (QED) is 0.462. The highest BCUT2D eigenvalue weighted by molar-refractivity contribution is 6.02. The Labute approximate surface area is 184 Å². The van der Waals surface area contributed by atoms with E-state index in [9.17, 15) is 9.59 Å². The Hall–Kier alpha value is -4.33. The van der Waals surface area contributed by atoms with Crippen molar-refractivity contribution in [2.24, 2.45) is 0 Å². The molecule has 0 saturated heterocycles. The molecular formula is C24H22N4O4. The van der Waals surface area contributed by atoms with Crippen LogP contribution in [-0.2, 0) is 6.54 Å². The second kappa shape index (κ2) is 9.22. The predicted octanol–water partition coefficient (Wildman–Crippen LogP) is 3.96. The molecule has 8 nitrogen and oxygen atoms in total. The first-order chi connectivity index (χ1) is 15.5. The van der Waals surface area contributed by atoms with Crippen molar-refractivity contribution in [1.82, 2.24) is 15.1 Å². The fourth-order valence-corrected chi connectivity index (χ4v) is 3.14. The minimum Gasteiger partial charge on any atom is -0.494 e. The van der Waals surface area contributed by atoms with E-state index in [-0.39, 0.29) is 17.6 Å². The molecule has 2 aromatic carbocycles. The average molecular weight is 430 g/mol. The van der Waals surface area contributed by atoms with E-state index in [4.69, 9.17) is 9.15 Å². The Morgan fingerprint density at radius 3 is 2.59 bits per heavy atom. The fourth-order valence-electron chi connectivity index (χ4n) is 3.14. The lowest BCUT2D eigenvalue weighted by molar-refractivity contribution is 0.0944. The van der Waals surface area contributed by atoms with E-state index in [0.29, 0.717) is 23.7 Å². The Balaban J connectivity index is 1.36. The normalized spacial score (nSPS) is 10.6. The Morgan fingerprint density at radius 1 is 1.06 bits per heavy atom. The maximum atomic E-state index is 12.5. The van der Waals surface area contributed by atoms with E-state index >= 15 is 0 Å². The molecule has 0 aliphatic heterocycles. The van der Waals surface area contributed by atoms with Crippen molar-refractivity contribution in [3.8, 4) is 11.4 Å². The van der Waals surface area contributed by atoms with Gasteiger partial charge in [-0.25, -0.2) is 4.68 Å². The lowest BCUT2D eigenvalue weighted by Gasteiger charge is -2.09. The summed E-state index contributed by atoms with van der Waals surface area (Å²) in [6, 6.07) is 17.9. The van der Waals surface area contributed by atoms with Crippen LogP contribution in [0.2, 0.25) is 0 Å². The number of carbonyl (C=O) groups excluding carboxylic acids is 2. The molecule has 32 heavy (non-hydrogen) atoms. The summed E-state index contributed by atoms with van der Waals surface area (Å²) in [5, 5.41) is 9.99. The van der Waals surface area contributed by atoms with Gasteiger partial charge in [-0.2, -0.15) is 5.10 Å². The SMILES string of the molecule is COc1ccc(C)cc1-n1ccc(C(=O)NCc2ccc(NC(=O)c3ccco3)cc2)n1. The van der Waals surface area contributed by atoms with Gasteiger partial charge in [-0.3, -0.25) is 9.59 Å². The molecule has 0 atom stereocenters. The van der Waals surface area contributed by atoms with Crippen molar-refractivity contribution in [1.29, 1.82) is 0 Å². The van der Waals surface area contributed by atoms with Crippen molar-refractivity contribution < 1.29 is 18.7 Å². The number of aryl methyl sites for hydroxylation is 1. The molecule has 2 heterocycles. The van der Waals surface area contributed by atoms with Gasteiger partial charge in [0.25, 0.3) is 11.8 Å². The van der Waals surface area contributed by atoms with E-state index in [0.717, 1.165) is 16.8 Å². The van der Waals surface area contributed by atoms with Gasteiger partial charge < -0.3 is 19.8 Å². The minimum absolute atomic E-state index is 0.240. The molecule has 0 aliphatic carbocycles. The van der Waals surface area contributed by atoms with Crippen LogP contribution in [0.15, 0.2) is 77.5 Å². The average Bonchev–Trinajstić information content (AvgIpc) is 3.51. The highest BCUT2D eigenvalue weighted by Crippen LogP contribution is 2.23. The van der Waals surface area contributed by atoms with E-state index in [2.05, 4.69) is 15.7 Å².